The molecule has 2 saturated heterocycles. The molecule has 41 heavy (non-hydrogen) atoms. The summed E-state index contributed by atoms with van der Waals surface area (Å²) in [5, 5.41) is 10.1. The Labute approximate surface area is 246 Å². The van der Waals surface area contributed by atoms with E-state index in [1.54, 1.807) is 12.1 Å². The van der Waals surface area contributed by atoms with Gasteiger partial charge in [0.1, 0.15) is 5.75 Å². The van der Waals surface area contributed by atoms with Crippen LogP contribution in [0.2, 0.25) is 0 Å². The monoisotopic (exact) mass is 594 g/mol. The van der Waals surface area contributed by atoms with Gasteiger partial charge in [-0.3, -0.25) is 4.18 Å². The second kappa shape index (κ2) is 16.4. The van der Waals surface area contributed by atoms with E-state index >= 15 is 0 Å². The van der Waals surface area contributed by atoms with Crippen LogP contribution >= 0.6 is 0 Å². The maximum atomic E-state index is 12.0. The number of benzene rings is 1. The maximum Gasteiger partial charge on any atom is 0.264 e. The summed E-state index contributed by atoms with van der Waals surface area (Å²) in [7, 11) is -3.59. The van der Waals surface area contributed by atoms with Gasteiger partial charge in [-0.2, -0.15) is 8.42 Å². The molecule has 8 nitrogen and oxygen atoms in total. The van der Waals surface area contributed by atoms with Crippen molar-refractivity contribution in [3.63, 3.8) is 0 Å². The van der Waals surface area contributed by atoms with Crippen molar-refractivity contribution in [3.05, 3.63) is 42.0 Å². The number of unbranched alkanes of at least 4 members (excludes halogenated alkanes) is 2. The molecular weight excluding hydrogens is 544 g/mol. The molecule has 0 aromatic heterocycles. The highest BCUT2D eigenvalue weighted by Gasteiger charge is 2.44. The molecule has 1 saturated carbocycles. The topological polar surface area (TPSA) is 101 Å². The first-order valence-electron chi connectivity index (χ1n) is 15.7. The van der Waals surface area contributed by atoms with Crippen LogP contribution in [0.5, 0.6) is 5.75 Å². The van der Waals surface area contributed by atoms with Gasteiger partial charge in [0.2, 0.25) is 0 Å². The molecule has 1 aromatic carbocycles. The summed E-state index contributed by atoms with van der Waals surface area (Å²) in [4.78, 5) is 0. The van der Waals surface area contributed by atoms with Crippen LogP contribution in [-0.2, 0) is 39.7 Å². The summed E-state index contributed by atoms with van der Waals surface area (Å²) >= 11 is 0. The van der Waals surface area contributed by atoms with Gasteiger partial charge in [-0.25, -0.2) is 0 Å². The van der Waals surface area contributed by atoms with Gasteiger partial charge in [0.05, 0.1) is 25.1 Å². The van der Waals surface area contributed by atoms with Crippen LogP contribution in [0.1, 0.15) is 83.1 Å². The molecule has 3 fully saturated rings. The van der Waals surface area contributed by atoms with E-state index in [1.165, 1.54) is 0 Å². The molecule has 1 aromatic rings. The highest BCUT2D eigenvalue weighted by molar-refractivity contribution is 7.85. The molecule has 4 rings (SSSR count). The van der Waals surface area contributed by atoms with Crippen molar-refractivity contribution in [2.75, 3.05) is 26.1 Å². The Morgan fingerprint density at radius 2 is 1.83 bits per heavy atom. The summed E-state index contributed by atoms with van der Waals surface area (Å²) in [6, 6.07) is 7.30. The largest absolute Gasteiger partial charge is 0.508 e. The third-order valence-electron chi connectivity index (χ3n) is 8.51. The van der Waals surface area contributed by atoms with Crippen LogP contribution in [0, 0.1) is 17.8 Å². The van der Waals surface area contributed by atoms with Crippen LogP contribution in [0.15, 0.2) is 36.4 Å². The van der Waals surface area contributed by atoms with Crippen LogP contribution in [0.3, 0.4) is 0 Å². The minimum absolute atomic E-state index is 0.000542. The van der Waals surface area contributed by atoms with Gasteiger partial charge in [0.15, 0.2) is 12.6 Å². The van der Waals surface area contributed by atoms with Crippen molar-refractivity contribution in [2.24, 2.45) is 17.8 Å². The lowest BCUT2D eigenvalue weighted by atomic mass is 9.83. The van der Waals surface area contributed by atoms with Crippen molar-refractivity contribution in [1.29, 1.82) is 0 Å². The normalized spacial score (nSPS) is 30.1. The van der Waals surface area contributed by atoms with E-state index in [-0.39, 0.29) is 54.9 Å². The molecule has 0 bridgehead atoms. The Balaban J connectivity index is 1.59. The molecule has 2 heterocycles. The molecule has 232 valence electrons. The maximum absolute atomic E-state index is 12.0. The van der Waals surface area contributed by atoms with Crippen LogP contribution < -0.4 is 0 Å². The number of phenols is 1. The fourth-order valence-corrected chi connectivity index (χ4v) is 6.80. The number of ether oxygens (including phenoxy) is 4. The zero-order chi connectivity index (χ0) is 29.1. The molecule has 3 aliphatic rings. The minimum atomic E-state index is -3.59. The Morgan fingerprint density at radius 1 is 1.07 bits per heavy atom. The molecule has 2 aliphatic heterocycles. The van der Waals surface area contributed by atoms with E-state index in [0.717, 1.165) is 82.6 Å². The van der Waals surface area contributed by atoms with Gasteiger partial charge in [0.25, 0.3) is 10.1 Å². The van der Waals surface area contributed by atoms with E-state index in [2.05, 4.69) is 19.1 Å². The summed E-state index contributed by atoms with van der Waals surface area (Å²) < 4.78 is 54.2. The molecule has 7 atom stereocenters. The van der Waals surface area contributed by atoms with Crippen molar-refractivity contribution in [3.8, 4) is 5.75 Å². The predicted octanol–water partition coefficient (Wildman–Crippen LogP) is 6.12. The first kappa shape index (κ1) is 32.4. The molecule has 0 amide bonds. The number of hydrogen-bond acceptors (Lipinski definition) is 8. The van der Waals surface area contributed by atoms with E-state index in [0.29, 0.717) is 19.4 Å². The summed E-state index contributed by atoms with van der Waals surface area (Å²) in [6.45, 7) is 3.74. The fraction of sp³-hybridized carbons (Fsp3) is 0.750. The summed E-state index contributed by atoms with van der Waals surface area (Å²) in [5.74, 6) is 0.222. The SMILES string of the molecule is CCCCC[C@@H](/C=C/[C@@H]1[C@@H](Cc2cccc(O)c2)[C@@H](COS(C)(=O)=O)C[C@H]1OC1CCCCO1)OC1CCCCO1. The van der Waals surface area contributed by atoms with Crippen LogP contribution in [0.4, 0.5) is 0 Å². The van der Waals surface area contributed by atoms with E-state index in [4.69, 9.17) is 23.1 Å². The molecule has 0 radical (unpaired) electrons. The molecule has 1 N–H and O–H groups in total. The zero-order valence-corrected chi connectivity index (χ0v) is 25.6. The number of rotatable bonds is 15. The van der Waals surface area contributed by atoms with Gasteiger partial charge in [-0.15, -0.1) is 0 Å². The van der Waals surface area contributed by atoms with Gasteiger partial charge >= 0.3 is 0 Å². The standard InChI is InChI=1S/C32H50O8S/c1-3-4-5-13-27(39-31-14-6-8-18-36-31)16-17-28-29(21-24-11-10-12-26(33)20-24)25(23-38-41(2,34)35)22-30(28)40-32-15-7-9-19-37-32/h10-12,16-17,20,25,27-33H,3-9,13-15,18-19,21-23H2,1-2H3/b17-16+/t25-,27+,28-,29+,30-,31?,32?/m1/s1. The van der Waals surface area contributed by atoms with Gasteiger partial charge < -0.3 is 24.1 Å². The second-order valence-corrected chi connectivity index (χ2v) is 13.6. The second-order valence-electron chi connectivity index (χ2n) is 11.9. The average molecular weight is 595 g/mol. The number of phenolic OH excluding ortho intramolecular Hbond substituents is 1. The van der Waals surface area contributed by atoms with Crippen molar-refractivity contribution in [2.45, 2.75) is 109 Å². The molecule has 0 spiro atoms. The average Bonchev–Trinajstić information content (AvgIpc) is 3.26. The summed E-state index contributed by atoms with van der Waals surface area (Å²) in [6.07, 6.45) is 16.6. The van der Waals surface area contributed by atoms with E-state index < -0.39 is 10.1 Å². The van der Waals surface area contributed by atoms with E-state index in [1.807, 2.05) is 12.1 Å². The number of hydrogen-bond donors (Lipinski definition) is 1. The third-order valence-corrected chi connectivity index (χ3v) is 9.08. The quantitative estimate of drug-likeness (QED) is 0.147. The smallest absolute Gasteiger partial charge is 0.264 e. The lowest BCUT2D eigenvalue weighted by Crippen LogP contribution is -2.31. The van der Waals surface area contributed by atoms with Crippen molar-refractivity contribution >= 4 is 10.1 Å². The highest BCUT2D eigenvalue weighted by Crippen LogP contribution is 2.44. The van der Waals surface area contributed by atoms with Crippen LogP contribution in [-0.4, -0.2) is 64.4 Å². The zero-order valence-electron chi connectivity index (χ0n) is 24.8. The molecule has 1 aliphatic carbocycles. The number of aromatic hydroxyl groups is 1. The van der Waals surface area contributed by atoms with Crippen molar-refractivity contribution in [1.82, 2.24) is 0 Å². The lowest BCUT2D eigenvalue weighted by molar-refractivity contribution is -0.193. The fourth-order valence-electron chi connectivity index (χ4n) is 6.38. The third kappa shape index (κ3) is 10.9. The Bertz CT molecular complexity index is 1030. The molecule has 2 unspecified atom stereocenters. The Hall–Kier alpha value is -1.49. The van der Waals surface area contributed by atoms with Crippen LogP contribution in [0.25, 0.3) is 0 Å². The predicted molar refractivity (Wildman–Crippen MR) is 158 cm³/mol. The Morgan fingerprint density at radius 3 is 2.49 bits per heavy atom. The highest BCUT2D eigenvalue weighted by atomic mass is 32.2. The summed E-state index contributed by atoms with van der Waals surface area (Å²) in [5.41, 5.74) is 0.999. The lowest BCUT2D eigenvalue weighted by Gasteiger charge is -2.30. The Kier molecular flexibility index (Phi) is 13.0. The van der Waals surface area contributed by atoms with Gasteiger partial charge in [-0.1, -0.05) is 50.5 Å². The minimum Gasteiger partial charge on any atom is -0.508 e. The first-order valence-corrected chi connectivity index (χ1v) is 17.5. The van der Waals surface area contributed by atoms with Crippen molar-refractivity contribution < 1.29 is 36.7 Å². The van der Waals surface area contributed by atoms with E-state index in [9.17, 15) is 13.5 Å². The van der Waals surface area contributed by atoms with Gasteiger partial charge in [-0.05, 0) is 87.3 Å². The van der Waals surface area contributed by atoms with Gasteiger partial charge in [0, 0.05) is 19.1 Å². The molecule has 9 heteroatoms. The molecular formula is C32H50O8S. The first-order chi connectivity index (χ1) is 19.8.